The van der Waals surface area contributed by atoms with E-state index in [1.54, 1.807) is 0 Å². The van der Waals surface area contributed by atoms with Gasteiger partial charge in [0.1, 0.15) is 6.61 Å². The van der Waals surface area contributed by atoms with Crippen molar-refractivity contribution in [3.63, 3.8) is 0 Å². The van der Waals surface area contributed by atoms with Gasteiger partial charge in [-0.25, -0.2) is 0 Å². The molecule has 0 radical (unpaired) electrons. The number of aliphatic hydroxyl groups excluding tert-OH is 1. The molecule has 0 aliphatic carbocycles. The standard InChI is InChI=1S/C77H144O5/c1-3-5-7-9-11-13-15-17-19-21-23-25-27-29-31-33-35-37-38-40-42-44-46-48-50-52-54-56-58-60-62-64-66-68-70-72-77(80)82-75(73-78)74-81-76(79)71-69-67-65-63-61-59-57-55-53-51-49-47-45-43-41-39-36-34-32-30-28-26-24-22-20-18-16-14-12-10-8-6-4-2/h5,7,11,13,17,19,23,25,75,78H,3-4,6,8-10,12,14-16,18,20-22,24,26-74H2,1-2H3/b7-5-,13-11-,19-17-,25-23-. The van der Waals surface area contributed by atoms with Crippen LogP contribution in [0.25, 0.3) is 0 Å². The Kier molecular flexibility index (Phi) is 71.2. The molecule has 0 amide bonds. The number of carbonyl (C=O) groups is 2. The van der Waals surface area contributed by atoms with Crippen LogP contribution in [-0.2, 0) is 19.1 Å². The first-order valence-electron chi connectivity index (χ1n) is 37.2. The first kappa shape index (κ1) is 79.9. The van der Waals surface area contributed by atoms with E-state index in [9.17, 15) is 14.7 Å². The molecule has 82 heavy (non-hydrogen) atoms. The number of ether oxygens (including phenoxy) is 2. The lowest BCUT2D eigenvalue weighted by molar-refractivity contribution is -0.161. The van der Waals surface area contributed by atoms with Gasteiger partial charge in [0.05, 0.1) is 6.61 Å². The van der Waals surface area contributed by atoms with Gasteiger partial charge < -0.3 is 14.6 Å². The van der Waals surface area contributed by atoms with Crippen LogP contribution in [0.3, 0.4) is 0 Å². The summed E-state index contributed by atoms with van der Waals surface area (Å²) in [5.74, 6) is -0.564. The molecule has 0 rings (SSSR count). The second-order valence-corrected chi connectivity index (χ2v) is 25.4. The Labute approximate surface area is 513 Å². The zero-order valence-corrected chi connectivity index (χ0v) is 55.5. The minimum atomic E-state index is -0.770. The molecule has 5 heteroatoms. The van der Waals surface area contributed by atoms with Gasteiger partial charge in [0.2, 0.25) is 0 Å². The fourth-order valence-corrected chi connectivity index (χ4v) is 11.6. The lowest BCUT2D eigenvalue weighted by Gasteiger charge is -2.15. The van der Waals surface area contributed by atoms with E-state index in [0.717, 1.165) is 57.8 Å². The summed E-state index contributed by atoms with van der Waals surface area (Å²) in [5, 5.41) is 9.72. The van der Waals surface area contributed by atoms with Crippen molar-refractivity contribution in [2.75, 3.05) is 13.2 Å². The Balaban J connectivity index is 3.37. The summed E-state index contributed by atoms with van der Waals surface area (Å²) in [7, 11) is 0. The predicted molar refractivity (Wildman–Crippen MR) is 362 cm³/mol. The molecule has 0 saturated heterocycles. The minimum absolute atomic E-state index is 0.0587. The summed E-state index contributed by atoms with van der Waals surface area (Å²) >= 11 is 0. The van der Waals surface area contributed by atoms with Gasteiger partial charge >= 0.3 is 11.9 Å². The highest BCUT2D eigenvalue weighted by atomic mass is 16.6. The Morgan fingerprint density at radius 1 is 0.293 bits per heavy atom. The van der Waals surface area contributed by atoms with Crippen molar-refractivity contribution in [1.29, 1.82) is 0 Å². The molecule has 1 atom stereocenters. The summed E-state index contributed by atoms with van der Waals surface area (Å²) in [5.41, 5.74) is 0. The van der Waals surface area contributed by atoms with Crippen LogP contribution in [0.4, 0.5) is 0 Å². The SMILES string of the molecule is CC/C=C\C/C=C\C/C=C\C/C=C\CCCCCCCCCCCCCCCCCCCCCCCCC(=O)OC(CO)COC(=O)CCCCCCCCCCCCCCCCCCCCCCCCCCCCCCCCCCC. The highest BCUT2D eigenvalue weighted by Crippen LogP contribution is 2.20. The highest BCUT2D eigenvalue weighted by molar-refractivity contribution is 5.70. The van der Waals surface area contributed by atoms with Crippen molar-refractivity contribution in [3.05, 3.63) is 48.6 Å². The molecule has 0 spiro atoms. The third kappa shape index (κ3) is 70.3. The number of aliphatic hydroxyl groups is 1. The maximum Gasteiger partial charge on any atom is 0.306 e. The quantitative estimate of drug-likeness (QED) is 0.0373. The van der Waals surface area contributed by atoms with E-state index in [1.807, 2.05) is 0 Å². The van der Waals surface area contributed by atoms with Crippen LogP contribution < -0.4 is 0 Å². The lowest BCUT2D eigenvalue weighted by atomic mass is 10.0. The molecule has 0 aromatic heterocycles. The van der Waals surface area contributed by atoms with Crippen LogP contribution in [0.5, 0.6) is 0 Å². The number of hydrogen-bond acceptors (Lipinski definition) is 5. The van der Waals surface area contributed by atoms with Crippen molar-refractivity contribution >= 4 is 11.9 Å². The summed E-state index contributed by atoms with van der Waals surface area (Å²) in [4.78, 5) is 24.7. The predicted octanol–water partition coefficient (Wildman–Crippen LogP) is 25.9. The molecular formula is C77H144O5. The van der Waals surface area contributed by atoms with E-state index < -0.39 is 6.10 Å². The van der Waals surface area contributed by atoms with E-state index >= 15 is 0 Å². The van der Waals surface area contributed by atoms with Gasteiger partial charge in [-0.3, -0.25) is 9.59 Å². The number of esters is 2. The van der Waals surface area contributed by atoms with E-state index in [0.29, 0.717) is 12.8 Å². The lowest BCUT2D eigenvalue weighted by Crippen LogP contribution is -2.28. The summed E-state index contributed by atoms with van der Waals surface area (Å²) in [6.45, 7) is 4.10. The second kappa shape index (κ2) is 73.1. The number of hydrogen-bond donors (Lipinski definition) is 1. The van der Waals surface area contributed by atoms with Gasteiger partial charge in [0.15, 0.2) is 6.10 Å². The van der Waals surface area contributed by atoms with E-state index in [-0.39, 0.29) is 25.2 Å². The van der Waals surface area contributed by atoms with Gasteiger partial charge in [-0.15, -0.1) is 0 Å². The number of unbranched alkanes of at least 4 members (excludes halogenated alkanes) is 54. The topological polar surface area (TPSA) is 72.8 Å². The molecule has 0 aromatic rings. The van der Waals surface area contributed by atoms with Crippen LogP contribution in [0.15, 0.2) is 48.6 Å². The molecule has 0 fully saturated rings. The van der Waals surface area contributed by atoms with Crippen LogP contribution >= 0.6 is 0 Å². The fourth-order valence-electron chi connectivity index (χ4n) is 11.6. The molecule has 1 N–H and O–H groups in total. The molecule has 0 aliphatic rings. The Morgan fingerprint density at radius 3 is 0.793 bits per heavy atom. The van der Waals surface area contributed by atoms with Crippen LogP contribution in [0.1, 0.15) is 412 Å². The van der Waals surface area contributed by atoms with Crippen molar-refractivity contribution in [2.45, 2.75) is 418 Å². The first-order chi connectivity index (χ1) is 40.6. The smallest absolute Gasteiger partial charge is 0.306 e. The average Bonchev–Trinajstić information content (AvgIpc) is 3.49. The first-order valence-corrected chi connectivity index (χ1v) is 37.2. The Morgan fingerprint density at radius 2 is 0.524 bits per heavy atom. The van der Waals surface area contributed by atoms with Crippen molar-refractivity contribution in [1.82, 2.24) is 0 Å². The monoisotopic (exact) mass is 1150 g/mol. The van der Waals surface area contributed by atoms with E-state index in [1.165, 1.54) is 327 Å². The molecular weight excluding hydrogens is 1000 g/mol. The number of rotatable bonds is 70. The van der Waals surface area contributed by atoms with Gasteiger partial charge in [0.25, 0.3) is 0 Å². The third-order valence-electron chi connectivity index (χ3n) is 17.1. The fraction of sp³-hybridized carbons (Fsp3) is 0.870. The zero-order valence-electron chi connectivity index (χ0n) is 55.5. The minimum Gasteiger partial charge on any atom is -0.462 e. The maximum absolute atomic E-state index is 12.4. The third-order valence-corrected chi connectivity index (χ3v) is 17.1. The molecule has 0 heterocycles. The van der Waals surface area contributed by atoms with Crippen LogP contribution in [0.2, 0.25) is 0 Å². The highest BCUT2D eigenvalue weighted by Gasteiger charge is 2.16. The van der Waals surface area contributed by atoms with Crippen LogP contribution in [0, 0.1) is 0 Å². The second-order valence-electron chi connectivity index (χ2n) is 25.4. The average molecular weight is 1150 g/mol. The normalized spacial score (nSPS) is 12.4. The van der Waals surface area contributed by atoms with Gasteiger partial charge in [-0.1, -0.05) is 396 Å². The zero-order chi connectivity index (χ0) is 59.1. The largest absolute Gasteiger partial charge is 0.462 e. The van der Waals surface area contributed by atoms with Gasteiger partial charge in [0, 0.05) is 12.8 Å². The molecule has 0 saturated carbocycles. The molecule has 0 aromatic carbocycles. The Hall–Kier alpha value is -2.14. The maximum atomic E-state index is 12.4. The van der Waals surface area contributed by atoms with Crippen molar-refractivity contribution < 1.29 is 24.2 Å². The number of carbonyl (C=O) groups excluding carboxylic acids is 2. The summed E-state index contributed by atoms with van der Waals surface area (Å²) in [6.07, 6.45) is 99.0. The van der Waals surface area contributed by atoms with Gasteiger partial charge in [-0.2, -0.15) is 0 Å². The van der Waals surface area contributed by atoms with E-state index in [4.69, 9.17) is 9.47 Å². The number of allylic oxidation sites excluding steroid dienone is 8. The van der Waals surface area contributed by atoms with Crippen LogP contribution in [-0.4, -0.2) is 36.4 Å². The molecule has 1 unspecified atom stereocenters. The molecule has 0 aliphatic heterocycles. The summed E-state index contributed by atoms with van der Waals surface area (Å²) in [6, 6.07) is 0. The molecule has 5 nitrogen and oxygen atoms in total. The van der Waals surface area contributed by atoms with E-state index in [2.05, 4.69) is 62.5 Å². The summed E-state index contributed by atoms with van der Waals surface area (Å²) < 4.78 is 10.8. The molecule has 482 valence electrons. The van der Waals surface area contributed by atoms with Crippen molar-refractivity contribution in [3.8, 4) is 0 Å². The van der Waals surface area contributed by atoms with Crippen molar-refractivity contribution in [2.24, 2.45) is 0 Å². The Bertz CT molecular complexity index is 1350. The molecule has 0 bridgehead atoms. The van der Waals surface area contributed by atoms with Gasteiger partial charge in [-0.05, 0) is 51.4 Å².